The van der Waals surface area contributed by atoms with Crippen molar-refractivity contribution in [3.8, 4) is 11.6 Å². The molecule has 0 saturated heterocycles. The molecule has 1 aromatic heterocycles. The summed E-state index contributed by atoms with van der Waals surface area (Å²) in [5.41, 5.74) is 1.30. The van der Waals surface area contributed by atoms with E-state index in [1.54, 1.807) is 6.20 Å². The van der Waals surface area contributed by atoms with Gasteiger partial charge in [-0.2, -0.15) is 0 Å². The van der Waals surface area contributed by atoms with Gasteiger partial charge in [-0.1, -0.05) is 38.1 Å². The number of pyridine rings is 1. The number of hydrogen-bond acceptors (Lipinski definition) is 3. The molecule has 1 radical (unpaired) electrons. The minimum Gasteiger partial charge on any atom is -0.438 e. The third-order valence-electron chi connectivity index (χ3n) is 4.14. The number of hydrogen-bond donors (Lipinski definition) is 1. The summed E-state index contributed by atoms with van der Waals surface area (Å²) in [7, 11) is 0. The zero-order chi connectivity index (χ0) is 15.7. The monoisotopic (exact) mass is 295 g/mol. The highest BCUT2D eigenvalue weighted by molar-refractivity contribution is 5.84. The van der Waals surface area contributed by atoms with Crippen LogP contribution < -0.4 is 10.1 Å². The van der Waals surface area contributed by atoms with Gasteiger partial charge in [-0.15, -0.1) is 0 Å². The van der Waals surface area contributed by atoms with Crippen LogP contribution in [0.2, 0.25) is 0 Å². The molecule has 0 spiro atoms. The number of carbonyl (C=O) groups is 1. The van der Waals surface area contributed by atoms with Crippen molar-refractivity contribution in [1.82, 2.24) is 10.3 Å². The summed E-state index contributed by atoms with van der Waals surface area (Å²) < 4.78 is 5.89. The Morgan fingerprint density at radius 1 is 1.27 bits per heavy atom. The van der Waals surface area contributed by atoms with Crippen LogP contribution >= 0.6 is 0 Å². The van der Waals surface area contributed by atoms with Crippen LogP contribution in [-0.4, -0.2) is 17.4 Å². The molecule has 0 bridgehead atoms. The van der Waals surface area contributed by atoms with Crippen molar-refractivity contribution in [3.05, 3.63) is 60.6 Å². The molecule has 1 unspecified atom stereocenters. The predicted molar refractivity (Wildman–Crippen MR) is 84.7 cm³/mol. The number of para-hydroxylation sites is 1. The van der Waals surface area contributed by atoms with E-state index in [0.29, 0.717) is 12.4 Å². The second-order valence-corrected chi connectivity index (χ2v) is 5.95. The molecule has 3 rings (SSSR count). The van der Waals surface area contributed by atoms with Crippen molar-refractivity contribution in [2.75, 3.05) is 6.54 Å². The van der Waals surface area contributed by atoms with Crippen molar-refractivity contribution in [2.45, 2.75) is 19.8 Å². The first kappa shape index (κ1) is 14.6. The Hall–Kier alpha value is -2.36. The molecule has 1 aliphatic heterocycles. The third kappa shape index (κ3) is 2.25. The quantitative estimate of drug-likeness (QED) is 0.945. The zero-order valence-electron chi connectivity index (χ0n) is 12.8. The lowest BCUT2D eigenvalue weighted by atomic mass is 9.70. The number of ether oxygens (including phenoxy) is 1. The van der Waals surface area contributed by atoms with Crippen LogP contribution in [-0.2, 0) is 4.79 Å². The van der Waals surface area contributed by atoms with Gasteiger partial charge in [0.05, 0.1) is 5.41 Å². The van der Waals surface area contributed by atoms with Crippen LogP contribution in [0.5, 0.6) is 11.6 Å². The molecule has 0 fully saturated rings. The maximum absolute atomic E-state index is 12.6. The Kier molecular flexibility index (Phi) is 3.61. The van der Waals surface area contributed by atoms with E-state index in [0.717, 1.165) is 16.9 Å². The molecule has 1 aliphatic rings. The molecule has 2 heterocycles. The Bertz CT molecular complexity index is 664. The standard InChI is InChI=1S/C18H19N2O2/c1-4-19-17(21)18(2,3)15-12-8-5-6-10-14(12)22-16-13(15)9-7-11-20-16/h5-11,15H,1,4H2,2-3H3,(H,19,21). The molecule has 0 aliphatic carbocycles. The number of rotatable bonds is 3. The molecule has 1 amide bonds. The van der Waals surface area contributed by atoms with E-state index >= 15 is 0 Å². The van der Waals surface area contributed by atoms with E-state index in [1.807, 2.05) is 50.2 Å². The molecular formula is C18H19N2O2. The number of fused-ring (bicyclic) bond motifs is 2. The van der Waals surface area contributed by atoms with Gasteiger partial charge in [0.25, 0.3) is 0 Å². The Morgan fingerprint density at radius 3 is 2.77 bits per heavy atom. The summed E-state index contributed by atoms with van der Waals surface area (Å²) in [6.07, 6.45) is 1.70. The van der Waals surface area contributed by atoms with E-state index in [-0.39, 0.29) is 11.8 Å². The van der Waals surface area contributed by atoms with Gasteiger partial charge < -0.3 is 10.1 Å². The highest BCUT2D eigenvalue weighted by atomic mass is 16.5. The van der Waals surface area contributed by atoms with Gasteiger partial charge in [0.15, 0.2) is 0 Å². The van der Waals surface area contributed by atoms with Gasteiger partial charge in [-0.25, -0.2) is 4.98 Å². The van der Waals surface area contributed by atoms with Crippen molar-refractivity contribution in [2.24, 2.45) is 5.41 Å². The fraction of sp³-hybridized carbons (Fsp3) is 0.278. The summed E-state index contributed by atoms with van der Waals surface area (Å²) in [6, 6.07) is 11.7. The second kappa shape index (κ2) is 5.44. The van der Waals surface area contributed by atoms with Crippen LogP contribution in [0.1, 0.15) is 30.9 Å². The average Bonchev–Trinajstić information content (AvgIpc) is 2.52. The van der Waals surface area contributed by atoms with Gasteiger partial charge in [-0.05, 0) is 19.1 Å². The highest BCUT2D eigenvalue weighted by Gasteiger charge is 2.43. The van der Waals surface area contributed by atoms with E-state index < -0.39 is 5.41 Å². The van der Waals surface area contributed by atoms with Crippen LogP contribution in [0.3, 0.4) is 0 Å². The normalized spacial score (nSPS) is 16.2. The third-order valence-corrected chi connectivity index (χ3v) is 4.14. The molecule has 4 heteroatoms. The van der Waals surface area contributed by atoms with Gasteiger partial charge in [0, 0.05) is 29.8 Å². The van der Waals surface area contributed by atoms with Crippen molar-refractivity contribution in [1.29, 1.82) is 0 Å². The largest absolute Gasteiger partial charge is 0.438 e. The number of nitrogens with zero attached hydrogens (tertiary/aromatic N) is 1. The lowest BCUT2D eigenvalue weighted by Crippen LogP contribution is -2.42. The van der Waals surface area contributed by atoms with Crippen LogP contribution in [0.15, 0.2) is 42.6 Å². The lowest BCUT2D eigenvalue weighted by molar-refractivity contribution is -0.129. The van der Waals surface area contributed by atoms with Gasteiger partial charge in [0.2, 0.25) is 11.8 Å². The fourth-order valence-corrected chi connectivity index (χ4v) is 3.04. The number of nitrogens with one attached hydrogen (secondary N) is 1. The highest BCUT2D eigenvalue weighted by Crippen LogP contribution is 2.50. The molecule has 4 nitrogen and oxygen atoms in total. The minimum atomic E-state index is -0.643. The van der Waals surface area contributed by atoms with Crippen LogP contribution in [0, 0.1) is 12.3 Å². The predicted octanol–water partition coefficient (Wildman–Crippen LogP) is 3.30. The Labute approximate surface area is 130 Å². The second-order valence-electron chi connectivity index (χ2n) is 5.95. The topological polar surface area (TPSA) is 51.2 Å². The minimum absolute atomic E-state index is 0.0287. The van der Waals surface area contributed by atoms with Crippen molar-refractivity contribution >= 4 is 5.91 Å². The first-order valence-electron chi connectivity index (χ1n) is 7.35. The van der Waals surface area contributed by atoms with E-state index in [9.17, 15) is 4.79 Å². The molecule has 1 atom stereocenters. The van der Waals surface area contributed by atoms with E-state index in [1.165, 1.54) is 0 Å². The Morgan fingerprint density at radius 2 is 2.00 bits per heavy atom. The summed E-state index contributed by atoms with van der Waals surface area (Å²) in [5.74, 6) is 1.18. The van der Waals surface area contributed by atoms with Gasteiger partial charge >= 0.3 is 0 Å². The molecule has 0 saturated carbocycles. The maximum atomic E-state index is 12.6. The number of carbonyl (C=O) groups excluding carboxylic acids is 1. The van der Waals surface area contributed by atoms with Crippen LogP contribution in [0.4, 0.5) is 0 Å². The molecule has 1 aromatic carbocycles. The SMILES string of the molecule is [CH2]CNC(=O)C(C)(C)C1c2ccccc2Oc2ncccc21. The zero-order valence-corrected chi connectivity index (χ0v) is 12.8. The van der Waals surface area contributed by atoms with Gasteiger partial charge in [0.1, 0.15) is 5.75 Å². The van der Waals surface area contributed by atoms with Crippen molar-refractivity contribution in [3.63, 3.8) is 0 Å². The first-order chi connectivity index (χ1) is 10.6. The molecular weight excluding hydrogens is 276 g/mol. The summed E-state index contributed by atoms with van der Waals surface area (Å²) >= 11 is 0. The summed E-state index contributed by atoms with van der Waals surface area (Å²) in [6.45, 7) is 7.96. The first-order valence-corrected chi connectivity index (χ1v) is 7.35. The lowest BCUT2D eigenvalue weighted by Gasteiger charge is -2.37. The van der Waals surface area contributed by atoms with E-state index in [2.05, 4.69) is 17.2 Å². The average molecular weight is 295 g/mol. The number of aromatic nitrogens is 1. The number of amides is 1. The molecule has 2 aromatic rings. The number of benzene rings is 1. The van der Waals surface area contributed by atoms with E-state index in [4.69, 9.17) is 4.74 Å². The van der Waals surface area contributed by atoms with Crippen molar-refractivity contribution < 1.29 is 9.53 Å². The molecule has 113 valence electrons. The smallest absolute Gasteiger partial charge is 0.226 e. The maximum Gasteiger partial charge on any atom is 0.226 e. The Balaban J connectivity index is 2.16. The summed E-state index contributed by atoms with van der Waals surface area (Å²) in [4.78, 5) is 16.9. The summed E-state index contributed by atoms with van der Waals surface area (Å²) in [5, 5.41) is 2.83. The molecule has 22 heavy (non-hydrogen) atoms. The van der Waals surface area contributed by atoms with Crippen LogP contribution in [0.25, 0.3) is 0 Å². The van der Waals surface area contributed by atoms with Gasteiger partial charge in [-0.3, -0.25) is 4.79 Å². The molecule has 1 N–H and O–H groups in total. The fourth-order valence-electron chi connectivity index (χ4n) is 3.04.